The fourth-order valence-corrected chi connectivity index (χ4v) is 1.07. The molecule has 1 amide bonds. The first kappa shape index (κ1) is 11.0. The minimum atomic E-state index is -0.249. The van der Waals surface area contributed by atoms with Crippen molar-refractivity contribution in [2.24, 2.45) is 5.11 Å². The second kappa shape index (κ2) is 5.62. The lowest BCUT2D eigenvalue weighted by atomic mass is 10.2. The summed E-state index contributed by atoms with van der Waals surface area (Å²) in [4.78, 5) is 18.1. The van der Waals surface area contributed by atoms with Crippen LogP contribution in [0, 0.1) is 6.92 Å². The van der Waals surface area contributed by atoms with Crippen LogP contribution in [0.15, 0.2) is 23.4 Å². The number of pyridine rings is 1. The van der Waals surface area contributed by atoms with Crippen LogP contribution in [0.5, 0.6) is 0 Å². The zero-order valence-corrected chi connectivity index (χ0v) is 8.34. The Morgan fingerprint density at radius 2 is 2.53 bits per heavy atom. The highest BCUT2D eigenvalue weighted by Crippen LogP contribution is 2.01. The first-order valence-corrected chi connectivity index (χ1v) is 4.46. The minimum Gasteiger partial charge on any atom is -0.351 e. The van der Waals surface area contributed by atoms with Crippen LogP contribution in [0.1, 0.15) is 16.1 Å². The lowest BCUT2D eigenvalue weighted by Gasteiger charge is -2.04. The Balaban J connectivity index is 2.54. The molecule has 1 heterocycles. The van der Waals surface area contributed by atoms with Crippen LogP contribution in [0.2, 0.25) is 0 Å². The second-order valence-electron chi connectivity index (χ2n) is 2.88. The van der Waals surface area contributed by atoms with E-state index in [1.807, 2.05) is 13.0 Å². The first-order valence-electron chi connectivity index (χ1n) is 4.46. The highest BCUT2D eigenvalue weighted by Gasteiger charge is 2.07. The van der Waals surface area contributed by atoms with Crippen LogP contribution in [-0.2, 0) is 0 Å². The van der Waals surface area contributed by atoms with E-state index in [4.69, 9.17) is 5.53 Å². The van der Waals surface area contributed by atoms with Gasteiger partial charge in [-0.1, -0.05) is 11.2 Å². The third-order valence-electron chi connectivity index (χ3n) is 1.79. The van der Waals surface area contributed by atoms with Crippen molar-refractivity contribution in [1.29, 1.82) is 0 Å². The molecule has 1 aromatic rings. The molecule has 6 nitrogen and oxygen atoms in total. The molecule has 15 heavy (non-hydrogen) atoms. The Kier molecular flexibility index (Phi) is 4.12. The molecule has 1 rings (SSSR count). The van der Waals surface area contributed by atoms with Crippen molar-refractivity contribution in [3.63, 3.8) is 0 Å². The van der Waals surface area contributed by atoms with Crippen LogP contribution >= 0.6 is 0 Å². The number of aromatic nitrogens is 1. The van der Waals surface area contributed by atoms with Gasteiger partial charge in [0.05, 0.1) is 0 Å². The summed E-state index contributed by atoms with van der Waals surface area (Å²) in [5.74, 6) is -0.249. The van der Waals surface area contributed by atoms with Crippen LogP contribution in [0.4, 0.5) is 0 Å². The van der Waals surface area contributed by atoms with E-state index in [1.165, 1.54) is 0 Å². The Bertz CT molecular complexity index is 397. The van der Waals surface area contributed by atoms with E-state index in [0.717, 1.165) is 5.56 Å². The third-order valence-corrected chi connectivity index (χ3v) is 1.79. The summed E-state index contributed by atoms with van der Waals surface area (Å²) in [6, 6.07) is 3.58. The van der Waals surface area contributed by atoms with E-state index in [2.05, 4.69) is 20.3 Å². The molecule has 0 aliphatic carbocycles. The van der Waals surface area contributed by atoms with E-state index >= 15 is 0 Å². The van der Waals surface area contributed by atoms with Gasteiger partial charge in [0.1, 0.15) is 5.69 Å². The van der Waals surface area contributed by atoms with Crippen molar-refractivity contribution in [1.82, 2.24) is 10.3 Å². The summed E-state index contributed by atoms with van der Waals surface area (Å²) in [7, 11) is 0. The van der Waals surface area contributed by atoms with Crippen molar-refractivity contribution in [3.05, 3.63) is 40.0 Å². The van der Waals surface area contributed by atoms with Crippen molar-refractivity contribution < 1.29 is 4.79 Å². The Hall–Kier alpha value is -2.07. The number of hydrogen-bond acceptors (Lipinski definition) is 3. The average molecular weight is 205 g/mol. The van der Waals surface area contributed by atoms with Crippen LogP contribution in [0.3, 0.4) is 0 Å². The SMILES string of the molecule is Cc1cccnc1C(=O)NCCN=[N+]=[N-]. The number of carbonyl (C=O) groups is 1. The van der Waals surface area contributed by atoms with Crippen molar-refractivity contribution in [3.8, 4) is 0 Å². The highest BCUT2D eigenvalue weighted by molar-refractivity contribution is 5.93. The van der Waals surface area contributed by atoms with E-state index in [0.29, 0.717) is 12.2 Å². The lowest BCUT2D eigenvalue weighted by Crippen LogP contribution is -2.27. The predicted molar refractivity (Wildman–Crippen MR) is 55.3 cm³/mol. The van der Waals surface area contributed by atoms with Crippen molar-refractivity contribution >= 4 is 5.91 Å². The molecule has 0 saturated heterocycles. The number of rotatable bonds is 4. The molecule has 0 unspecified atom stereocenters. The van der Waals surface area contributed by atoms with Gasteiger partial charge >= 0.3 is 0 Å². The maximum Gasteiger partial charge on any atom is 0.270 e. The zero-order valence-electron chi connectivity index (χ0n) is 8.34. The second-order valence-corrected chi connectivity index (χ2v) is 2.88. The van der Waals surface area contributed by atoms with Gasteiger partial charge in [0.2, 0.25) is 0 Å². The number of azide groups is 1. The Morgan fingerprint density at radius 1 is 1.73 bits per heavy atom. The van der Waals surface area contributed by atoms with Gasteiger partial charge in [-0.15, -0.1) is 0 Å². The van der Waals surface area contributed by atoms with E-state index in [1.54, 1.807) is 12.3 Å². The van der Waals surface area contributed by atoms with Gasteiger partial charge in [-0.2, -0.15) is 0 Å². The topological polar surface area (TPSA) is 90.8 Å². The van der Waals surface area contributed by atoms with Gasteiger partial charge in [0, 0.05) is 24.2 Å². The largest absolute Gasteiger partial charge is 0.351 e. The Morgan fingerprint density at radius 3 is 3.20 bits per heavy atom. The molecule has 6 heteroatoms. The molecular weight excluding hydrogens is 194 g/mol. The molecule has 0 fully saturated rings. The third kappa shape index (κ3) is 3.28. The van der Waals surface area contributed by atoms with Crippen molar-refractivity contribution in [2.45, 2.75) is 6.92 Å². The van der Waals surface area contributed by atoms with Crippen LogP contribution in [-0.4, -0.2) is 24.0 Å². The van der Waals surface area contributed by atoms with Crippen molar-refractivity contribution in [2.75, 3.05) is 13.1 Å². The summed E-state index contributed by atoms with van der Waals surface area (Å²) >= 11 is 0. The molecule has 0 radical (unpaired) electrons. The molecule has 1 N–H and O–H groups in total. The van der Waals surface area contributed by atoms with E-state index in [-0.39, 0.29) is 12.5 Å². The van der Waals surface area contributed by atoms with Gasteiger partial charge in [0.25, 0.3) is 5.91 Å². The monoisotopic (exact) mass is 205 g/mol. The Labute approximate surface area is 87.0 Å². The number of nitrogens with zero attached hydrogens (tertiary/aromatic N) is 4. The predicted octanol–water partition coefficient (Wildman–Crippen LogP) is 1.43. The summed E-state index contributed by atoms with van der Waals surface area (Å²) in [5, 5.41) is 5.91. The van der Waals surface area contributed by atoms with Gasteiger partial charge in [-0.05, 0) is 24.1 Å². The van der Waals surface area contributed by atoms with Gasteiger partial charge in [0.15, 0.2) is 0 Å². The van der Waals surface area contributed by atoms with Gasteiger partial charge < -0.3 is 5.32 Å². The molecule has 0 bridgehead atoms. The quantitative estimate of drug-likeness (QED) is 0.348. The molecule has 0 aliphatic rings. The standard InChI is InChI=1S/C9H11N5O/c1-7-3-2-4-11-8(7)9(15)12-5-6-13-14-10/h2-4H,5-6H2,1H3,(H,12,15). The normalized spacial score (nSPS) is 9.13. The number of hydrogen-bond donors (Lipinski definition) is 1. The van der Waals surface area contributed by atoms with E-state index < -0.39 is 0 Å². The van der Waals surface area contributed by atoms with E-state index in [9.17, 15) is 4.79 Å². The number of nitrogens with one attached hydrogen (secondary N) is 1. The van der Waals surface area contributed by atoms with Crippen LogP contribution in [0.25, 0.3) is 10.4 Å². The summed E-state index contributed by atoms with van der Waals surface area (Å²) in [6.45, 7) is 2.38. The highest BCUT2D eigenvalue weighted by atomic mass is 16.1. The van der Waals surface area contributed by atoms with Gasteiger partial charge in [-0.3, -0.25) is 9.78 Å². The van der Waals surface area contributed by atoms with Crippen LogP contribution < -0.4 is 5.32 Å². The molecule has 1 aromatic heterocycles. The summed E-state index contributed by atoms with van der Waals surface area (Å²) < 4.78 is 0. The fourth-order valence-electron chi connectivity index (χ4n) is 1.07. The molecule has 0 atom stereocenters. The molecule has 0 saturated carbocycles. The number of aryl methyl sites for hydroxylation is 1. The summed E-state index contributed by atoms with van der Waals surface area (Å²) in [6.07, 6.45) is 1.56. The van der Waals surface area contributed by atoms with Gasteiger partial charge in [-0.25, -0.2) is 0 Å². The molecule has 0 aliphatic heterocycles. The molecule has 78 valence electrons. The number of carbonyl (C=O) groups excluding carboxylic acids is 1. The maximum absolute atomic E-state index is 11.5. The molecule has 0 spiro atoms. The zero-order chi connectivity index (χ0) is 11.1. The molecular formula is C9H11N5O. The smallest absolute Gasteiger partial charge is 0.270 e. The maximum atomic E-state index is 11.5. The lowest BCUT2D eigenvalue weighted by molar-refractivity contribution is 0.0949. The first-order chi connectivity index (χ1) is 7.25. The number of amides is 1. The molecule has 0 aromatic carbocycles. The summed E-state index contributed by atoms with van der Waals surface area (Å²) in [5.41, 5.74) is 9.25. The fraction of sp³-hybridized carbons (Fsp3) is 0.333. The average Bonchev–Trinajstić information content (AvgIpc) is 2.25. The minimum absolute atomic E-state index is 0.244.